The molecule has 0 aliphatic carbocycles. The molecule has 5 nitrogen and oxygen atoms in total. The van der Waals surface area contributed by atoms with Gasteiger partial charge in [0.05, 0.1) is 10.7 Å². The SMILES string of the molecule is Cc1nonc1C(=O)Nc1cc(Cl)ccc1Cl. The number of halogens is 2. The third-order valence-electron chi connectivity index (χ3n) is 2.04. The van der Waals surface area contributed by atoms with E-state index >= 15 is 0 Å². The first-order chi connectivity index (χ1) is 8.08. The maximum atomic E-state index is 11.8. The third kappa shape index (κ3) is 2.57. The number of nitrogens with one attached hydrogen (secondary N) is 1. The number of hydrogen-bond donors (Lipinski definition) is 1. The predicted molar refractivity (Wildman–Crippen MR) is 63.5 cm³/mol. The van der Waals surface area contributed by atoms with Crippen LogP contribution < -0.4 is 5.32 Å². The summed E-state index contributed by atoms with van der Waals surface area (Å²) in [5.41, 5.74) is 0.924. The van der Waals surface area contributed by atoms with Crippen LogP contribution in [0.5, 0.6) is 0 Å². The van der Waals surface area contributed by atoms with E-state index in [9.17, 15) is 4.79 Å². The number of nitrogens with zero attached hydrogens (tertiary/aromatic N) is 2. The molecule has 7 heteroatoms. The first-order valence-electron chi connectivity index (χ1n) is 4.63. The maximum Gasteiger partial charge on any atom is 0.279 e. The lowest BCUT2D eigenvalue weighted by molar-refractivity contribution is 0.101. The lowest BCUT2D eigenvalue weighted by Crippen LogP contribution is -2.13. The zero-order valence-electron chi connectivity index (χ0n) is 8.70. The van der Waals surface area contributed by atoms with E-state index in [0.29, 0.717) is 21.4 Å². The average Bonchev–Trinajstić information content (AvgIpc) is 2.70. The fourth-order valence-electron chi connectivity index (χ4n) is 1.21. The summed E-state index contributed by atoms with van der Waals surface area (Å²) in [7, 11) is 0. The molecule has 1 amide bonds. The zero-order chi connectivity index (χ0) is 12.4. The highest BCUT2D eigenvalue weighted by molar-refractivity contribution is 6.35. The first kappa shape index (κ1) is 11.9. The molecule has 0 fully saturated rings. The van der Waals surface area contributed by atoms with Crippen LogP contribution in [-0.2, 0) is 0 Å². The fraction of sp³-hybridized carbons (Fsp3) is 0.100. The zero-order valence-corrected chi connectivity index (χ0v) is 10.2. The summed E-state index contributed by atoms with van der Waals surface area (Å²) in [5, 5.41) is 10.4. The van der Waals surface area contributed by atoms with Crippen molar-refractivity contribution in [3.8, 4) is 0 Å². The number of carbonyl (C=O) groups is 1. The van der Waals surface area contributed by atoms with Gasteiger partial charge < -0.3 is 5.32 Å². The standard InChI is InChI=1S/C10H7Cl2N3O2/c1-5-9(15-17-14-5)10(16)13-8-4-6(11)2-3-7(8)12/h2-4H,1H3,(H,13,16). The smallest absolute Gasteiger partial charge is 0.279 e. The highest BCUT2D eigenvalue weighted by Crippen LogP contribution is 2.25. The topological polar surface area (TPSA) is 68.0 Å². The average molecular weight is 272 g/mol. The molecule has 1 aromatic carbocycles. The number of anilines is 1. The van der Waals surface area contributed by atoms with Crippen molar-refractivity contribution in [2.45, 2.75) is 6.92 Å². The summed E-state index contributed by atoms with van der Waals surface area (Å²) in [6, 6.07) is 4.76. The van der Waals surface area contributed by atoms with Crippen molar-refractivity contribution >= 4 is 34.8 Å². The molecule has 0 bridgehead atoms. The second kappa shape index (κ2) is 4.73. The van der Waals surface area contributed by atoms with Crippen LogP contribution in [0.15, 0.2) is 22.8 Å². The molecule has 88 valence electrons. The number of hydrogen-bond acceptors (Lipinski definition) is 4. The van der Waals surface area contributed by atoms with Gasteiger partial charge in [-0.2, -0.15) is 0 Å². The Bertz CT molecular complexity index is 568. The van der Waals surface area contributed by atoms with Gasteiger partial charge >= 0.3 is 0 Å². The van der Waals surface area contributed by atoms with Crippen molar-refractivity contribution in [3.63, 3.8) is 0 Å². The number of carbonyl (C=O) groups excluding carboxylic acids is 1. The van der Waals surface area contributed by atoms with Crippen LogP contribution in [-0.4, -0.2) is 16.2 Å². The van der Waals surface area contributed by atoms with Crippen molar-refractivity contribution in [2.24, 2.45) is 0 Å². The Balaban J connectivity index is 2.24. The van der Waals surface area contributed by atoms with Gasteiger partial charge in [0.25, 0.3) is 5.91 Å². The van der Waals surface area contributed by atoms with Gasteiger partial charge in [0.1, 0.15) is 5.69 Å². The lowest BCUT2D eigenvalue weighted by Gasteiger charge is -2.05. The molecule has 0 atom stereocenters. The normalized spacial score (nSPS) is 10.3. The quantitative estimate of drug-likeness (QED) is 0.912. The summed E-state index contributed by atoms with van der Waals surface area (Å²) >= 11 is 11.7. The molecular formula is C10H7Cl2N3O2. The van der Waals surface area contributed by atoms with E-state index in [0.717, 1.165) is 0 Å². The van der Waals surface area contributed by atoms with Gasteiger partial charge in [-0.15, -0.1) is 0 Å². The Hall–Kier alpha value is -1.59. The number of aromatic nitrogens is 2. The number of rotatable bonds is 2. The Morgan fingerprint density at radius 1 is 1.35 bits per heavy atom. The monoisotopic (exact) mass is 271 g/mol. The Kier molecular flexibility index (Phi) is 3.31. The van der Waals surface area contributed by atoms with E-state index in [-0.39, 0.29) is 5.69 Å². The van der Waals surface area contributed by atoms with Crippen molar-refractivity contribution in [1.82, 2.24) is 10.3 Å². The van der Waals surface area contributed by atoms with E-state index in [4.69, 9.17) is 23.2 Å². The highest BCUT2D eigenvalue weighted by Gasteiger charge is 2.16. The van der Waals surface area contributed by atoms with E-state index in [1.807, 2.05) is 0 Å². The van der Waals surface area contributed by atoms with Gasteiger partial charge in [-0.25, -0.2) is 4.63 Å². The molecular weight excluding hydrogens is 265 g/mol. The minimum Gasteiger partial charge on any atom is -0.319 e. The van der Waals surface area contributed by atoms with Crippen molar-refractivity contribution in [2.75, 3.05) is 5.32 Å². The minimum absolute atomic E-state index is 0.112. The van der Waals surface area contributed by atoms with Crippen molar-refractivity contribution in [1.29, 1.82) is 0 Å². The van der Waals surface area contributed by atoms with Gasteiger partial charge in [-0.05, 0) is 30.3 Å². The molecule has 17 heavy (non-hydrogen) atoms. The molecule has 2 rings (SSSR count). The predicted octanol–water partition coefficient (Wildman–Crippen LogP) is 2.94. The van der Waals surface area contributed by atoms with Crippen LogP contribution in [0, 0.1) is 6.92 Å². The summed E-state index contributed by atoms with van der Waals surface area (Å²) < 4.78 is 4.44. The van der Waals surface area contributed by atoms with E-state index in [2.05, 4.69) is 20.3 Å². The van der Waals surface area contributed by atoms with Crippen LogP contribution in [0.25, 0.3) is 0 Å². The molecule has 0 aliphatic heterocycles. The van der Waals surface area contributed by atoms with E-state index < -0.39 is 5.91 Å². The molecule has 0 spiro atoms. The summed E-state index contributed by atoms with van der Waals surface area (Å²) in [5.74, 6) is -0.451. The Morgan fingerprint density at radius 2 is 2.12 bits per heavy atom. The number of aryl methyl sites for hydroxylation is 1. The second-order valence-corrected chi connectivity index (χ2v) is 4.12. The molecule has 2 aromatic rings. The molecule has 0 aliphatic rings. The molecule has 0 unspecified atom stereocenters. The molecule has 0 radical (unpaired) electrons. The van der Waals surface area contributed by atoms with Crippen LogP contribution in [0.4, 0.5) is 5.69 Å². The summed E-state index contributed by atoms with van der Waals surface area (Å²) in [6.07, 6.45) is 0. The lowest BCUT2D eigenvalue weighted by atomic mass is 10.3. The summed E-state index contributed by atoms with van der Waals surface area (Å²) in [4.78, 5) is 11.8. The molecule has 0 saturated carbocycles. The van der Waals surface area contributed by atoms with Crippen LogP contribution in [0.3, 0.4) is 0 Å². The van der Waals surface area contributed by atoms with Gasteiger partial charge in [-0.1, -0.05) is 28.4 Å². The molecule has 1 aromatic heterocycles. The van der Waals surface area contributed by atoms with Gasteiger partial charge in [-0.3, -0.25) is 4.79 Å². The maximum absolute atomic E-state index is 11.8. The number of benzene rings is 1. The Morgan fingerprint density at radius 3 is 2.76 bits per heavy atom. The molecule has 0 saturated heterocycles. The van der Waals surface area contributed by atoms with Crippen molar-refractivity contribution in [3.05, 3.63) is 39.6 Å². The second-order valence-electron chi connectivity index (χ2n) is 3.28. The van der Waals surface area contributed by atoms with E-state index in [1.54, 1.807) is 25.1 Å². The third-order valence-corrected chi connectivity index (χ3v) is 2.61. The minimum atomic E-state index is -0.451. The van der Waals surface area contributed by atoms with Gasteiger partial charge in [0.2, 0.25) is 0 Å². The van der Waals surface area contributed by atoms with Gasteiger partial charge in [0.15, 0.2) is 5.69 Å². The van der Waals surface area contributed by atoms with Crippen LogP contribution in [0.1, 0.15) is 16.2 Å². The number of amides is 1. The van der Waals surface area contributed by atoms with Gasteiger partial charge in [0, 0.05) is 5.02 Å². The van der Waals surface area contributed by atoms with E-state index in [1.165, 1.54) is 0 Å². The van der Waals surface area contributed by atoms with Crippen LogP contribution in [0.2, 0.25) is 10.0 Å². The first-order valence-corrected chi connectivity index (χ1v) is 5.39. The molecule has 1 heterocycles. The highest BCUT2D eigenvalue weighted by atomic mass is 35.5. The summed E-state index contributed by atoms with van der Waals surface area (Å²) in [6.45, 7) is 1.62. The largest absolute Gasteiger partial charge is 0.319 e. The van der Waals surface area contributed by atoms with Crippen LogP contribution >= 0.6 is 23.2 Å². The fourth-order valence-corrected chi connectivity index (χ4v) is 1.55. The molecule has 1 N–H and O–H groups in total. The Labute approximate surface area is 107 Å². The van der Waals surface area contributed by atoms with Crippen molar-refractivity contribution < 1.29 is 9.42 Å².